The van der Waals surface area contributed by atoms with Gasteiger partial charge in [-0.05, 0) is 47.5 Å². The Morgan fingerprint density at radius 3 is 2.60 bits per heavy atom. The first-order valence-corrected chi connectivity index (χ1v) is 10.4. The normalized spacial score (nSPS) is 18.2. The molecular formula is C21H16ClFN2O4S. The average Bonchev–Trinajstić information content (AvgIpc) is 3.02. The number of benzene rings is 3. The summed E-state index contributed by atoms with van der Waals surface area (Å²) in [6.45, 7) is 0.208. The molecule has 154 valence electrons. The van der Waals surface area contributed by atoms with E-state index >= 15 is 0 Å². The number of nitrogens with zero attached hydrogens (tertiary/aromatic N) is 2. The number of hydrogen-bond acceptors (Lipinski definition) is 4. The Hall–Kier alpha value is -2.81. The van der Waals surface area contributed by atoms with Crippen LogP contribution in [0.1, 0.15) is 22.7 Å². The lowest BCUT2D eigenvalue weighted by Crippen LogP contribution is -2.25. The molecule has 0 aliphatic carbocycles. The van der Waals surface area contributed by atoms with Crippen LogP contribution in [0.25, 0.3) is 0 Å². The van der Waals surface area contributed by atoms with Crippen molar-refractivity contribution in [1.29, 1.82) is 0 Å². The van der Waals surface area contributed by atoms with Crippen molar-refractivity contribution in [3.05, 3.63) is 98.3 Å². The van der Waals surface area contributed by atoms with Gasteiger partial charge in [0, 0.05) is 17.6 Å². The fraction of sp³-hybridized carbons (Fsp3) is 0.143. The highest BCUT2D eigenvalue weighted by Gasteiger charge is 2.43. The molecule has 4 rings (SSSR count). The van der Waals surface area contributed by atoms with Gasteiger partial charge in [-0.15, -0.1) is 0 Å². The zero-order valence-electron chi connectivity index (χ0n) is 15.7. The van der Waals surface area contributed by atoms with E-state index in [-0.39, 0.29) is 22.8 Å². The maximum Gasteiger partial charge on any atom is 0.275 e. The van der Waals surface area contributed by atoms with Crippen LogP contribution in [0.3, 0.4) is 0 Å². The highest BCUT2D eigenvalue weighted by atomic mass is 35.5. The third kappa shape index (κ3) is 3.58. The number of nitro groups is 1. The number of rotatable bonds is 5. The molecule has 2 unspecified atom stereocenters. The van der Waals surface area contributed by atoms with Crippen LogP contribution in [0.5, 0.6) is 5.75 Å². The van der Waals surface area contributed by atoms with Gasteiger partial charge in [0.15, 0.2) is 0 Å². The van der Waals surface area contributed by atoms with E-state index in [2.05, 4.69) is 0 Å². The average molecular weight is 447 g/mol. The van der Waals surface area contributed by atoms with E-state index in [0.717, 1.165) is 5.56 Å². The SMILES string of the molecule is COc1ccc(CN2C(c3cc(F)ccc3Cl)c3c([N+](=O)[O-])cccc3S2=O)cc1. The second kappa shape index (κ2) is 8.14. The van der Waals surface area contributed by atoms with E-state index in [4.69, 9.17) is 16.3 Å². The maximum atomic E-state index is 14.1. The quantitative estimate of drug-likeness (QED) is 0.407. The summed E-state index contributed by atoms with van der Waals surface area (Å²) in [7, 11) is -0.141. The van der Waals surface area contributed by atoms with Gasteiger partial charge < -0.3 is 4.74 Å². The summed E-state index contributed by atoms with van der Waals surface area (Å²) in [5.41, 5.74) is 1.23. The predicted octanol–water partition coefficient (Wildman–Crippen LogP) is 5.02. The Morgan fingerprint density at radius 1 is 1.20 bits per heavy atom. The molecule has 0 saturated heterocycles. The van der Waals surface area contributed by atoms with Crippen LogP contribution in [0.15, 0.2) is 65.6 Å². The summed E-state index contributed by atoms with van der Waals surface area (Å²) < 4.78 is 34.1. The van der Waals surface area contributed by atoms with Gasteiger partial charge in [0.05, 0.1) is 28.5 Å². The smallest absolute Gasteiger partial charge is 0.275 e. The van der Waals surface area contributed by atoms with E-state index in [1.165, 1.54) is 30.3 Å². The molecule has 1 aliphatic rings. The van der Waals surface area contributed by atoms with Crippen LogP contribution in [-0.2, 0) is 17.5 Å². The highest BCUT2D eigenvalue weighted by Crippen LogP contribution is 2.48. The minimum Gasteiger partial charge on any atom is -0.497 e. The molecule has 3 aromatic rings. The van der Waals surface area contributed by atoms with Gasteiger partial charge in [0.2, 0.25) is 0 Å². The van der Waals surface area contributed by atoms with Crippen molar-refractivity contribution in [3.63, 3.8) is 0 Å². The van der Waals surface area contributed by atoms with Gasteiger partial charge in [-0.2, -0.15) is 0 Å². The van der Waals surface area contributed by atoms with Crippen LogP contribution in [0, 0.1) is 15.9 Å². The monoisotopic (exact) mass is 446 g/mol. The lowest BCUT2D eigenvalue weighted by molar-refractivity contribution is -0.386. The molecule has 0 N–H and O–H groups in total. The summed E-state index contributed by atoms with van der Waals surface area (Å²) >= 11 is 6.35. The molecular weight excluding hydrogens is 431 g/mol. The molecule has 0 aromatic heterocycles. The standard InChI is InChI=1S/C21H16ClFN2O4S/c1-29-15-8-5-13(6-9-15)12-24-21(16-11-14(23)7-10-17(16)22)20-18(25(26)27)3-2-4-19(20)30(24)28/h2-11,21H,12H2,1H3. The van der Waals surface area contributed by atoms with Crippen LogP contribution in [-0.4, -0.2) is 20.5 Å². The molecule has 0 radical (unpaired) electrons. The first-order valence-electron chi connectivity index (χ1n) is 8.94. The summed E-state index contributed by atoms with van der Waals surface area (Å²) in [5.74, 6) is 0.140. The van der Waals surface area contributed by atoms with Gasteiger partial charge in [-0.25, -0.2) is 12.9 Å². The third-order valence-corrected chi connectivity index (χ3v) is 6.79. The van der Waals surface area contributed by atoms with Gasteiger partial charge in [0.25, 0.3) is 5.69 Å². The lowest BCUT2D eigenvalue weighted by atomic mass is 9.96. The fourth-order valence-electron chi connectivity index (χ4n) is 3.58. The maximum absolute atomic E-state index is 14.1. The van der Waals surface area contributed by atoms with Crippen molar-refractivity contribution < 1.29 is 18.3 Å². The Morgan fingerprint density at radius 2 is 1.93 bits per heavy atom. The van der Waals surface area contributed by atoms with Gasteiger partial charge in [0.1, 0.15) is 22.6 Å². The predicted molar refractivity (Wildman–Crippen MR) is 111 cm³/mol. The van der Waals surface area contributed by atoms with Crippen molar-refractivity contribution in [2.24, 2.45) is 0 Å². The topological polar surface area (TPSA) is 72.7 Å². The van der Waals surface area contributed by atoms with Crippen molar-refractivity contribution in [2.45, 2.75) is 17.5 Å². The van der Waals surface area contributed by atoms with Crippen molar-refractivity contribution in [3.8, 4) is 5.75 Å². The van der Waals surface area contributed by atoms with Gasteiger partial charge >= 0.3 is 0 Å². The van der Waals surface area contributed by atoms with Gasteiger partial charge in [-0.3, -0.25) is 10.1 Å². The van der Waals surface area contributed by atoms with E-state index in [9.17, 15) is 18.7 Å². The fourth-order valence-corrected chi connectivity index (χ4v) is 5.33. The van der Waals surface area contributed by atoms with Crippen molar-refractivity contribution >= 4 is 28.3 Å². The van der Waals surface area contributed by atoms with E-state index in [1.807, 2.05) is 12.1 Å². The molecule has 1 heterocycles. The number of nitro benzene ring substituents is 1. The summed E-state index contributed by atoms with van der Waals surface area (Å²) in [4.78, 5) is 11.5. The second-order valence-electron chi connectivity index (χ2n) is 6.69. The second-order valence-corrected chi connectivity index (χ2v) is 8.50. The van der Waals surface area contributed by atoms with E-state index in [1.54, 1.807) is 29.6 Å². The molecule has 0 fully saturated rings. The molecule has 3 aromatic carbocycles. The summed E-state index contributed by atoms with van der Waals surface area (Å²) in [6.07, 6.45) is 0. The van der Waals surface area contributed by atoms with Crippen LogP contribution in [0.2, 0.25) is 5.02 Å². The first-order chi connectivity index (χ1) is 14.4. The molecule has 0 saturated carbocycles. The molecule has 0 amide bonds. The molecule has 0 spiro atoms. The number of hydrogen-bond donors (Lipinski definition) is 0. The highest BCUT2D eigenvalue weighted by molar-refractivity contribution is 7.83. The Bertz CT molecular complexity index is 1160. The van der Waals surface area contributed by atoms with Crippen LogP contribution >= 0.6 is 11.6 Å². The minimum absolute atomic E-state index is 0.177. The molecule has 30 heavy (non-hydrogen) atoms. The Labute approximate surface area is 179 Å². The van der Waals surface area contributed by atoms with Crippen LogP contribution < -0.4 is 4.74 Å². The molecule has 0 bridgehead atoms. The Kier molecular flexibility index (Phi) is 5.55. The lowest BCUT2D eigenvalue weighted by Gasteiger charge is -2.24. The molecule has 6 nitrogen and oxygen atoms in total. The Balaban J connectivity index is 1.87. The number of halogens is 2. The van der Waals surface area contributed by atoms with E-state index in [0.29, 0.717) is 16.2 Å². The molecule has 1 aliphatic heterocycles. The minimum atomic E-state index is -1.70. The zero-order valence-corrected chi connectivity index (χ0v) is 17.3. The summed E-state index contributed by atoms with van der Waals surface area (Å²) in [5, 5.41) is 11.9. The summed E-state index contributed by atoms with van der Waals surface area (Å²) in [6, 6.07) is 14.6. The number of methoxy groups -OCH3 is 1. The number of ether oxygens (including phenoxy) is 1. The zero-order chi connectivity index (χ0) is 21.4. The van der Waals surface area contributed by atoms with Crippen molar-refractivity contribution in [1.82, 2.24) is 4.31 Å². The number of fused-ring (bicyclic) bond motifs is 1. The molecule has 9 heteroatoms. The third-order valence-electron chi connectivity index (χ3n) is 4.95. The van der Waals surface area contributed by atoms with Crippen LogP contribution in [0.4, 0.5) is 10.1 Å². The molecule has 2 atom stereocenters. The van der Waals surface area contributed by atoms with Crippen molar-refractivity contribution in [2.75, 3.05) is 7.11 Å². The largest absolute Gasteiger partial charge is 0.497 e. The van der Waals surface area contributed by atoms with E-state index < -0.39 is 27.8 Å². The first kappa shape index (κ1) is 20.5. The van der Waals surface area contributed by atoms with Gasteiger partial charge in [-0.1, -0.05) is 29.8 Å².